The molecule has 0 unspecified atom stereocenters. The second kappa shape index (κ2) is 13.8. The molecule has 0 aliphatic heterocycles. The zero-order chi connectivity index (χ0) is 23.3. The van der Waals surface area contributed by atoms with E-state index in [-0.39, 0.29) is 17.9 Å². The number of ether oxygens (including phenoxy) is 1. The van der Waals surface area contributed by atoms with Gasteiger partial charge in [-0.3, -0.25) is 9.59 Å². The summed E-state index contributed by atoms with van der Waals surface area (Å²) in [5, 5.41) is 3.05. The number of carbonyl (C=O) groups is 2. The number of hydrogen-bond donors (Lipinski definition) is 1. The van der Waals surface area contributed by atoms with Crippen molar-refractivity contribution in [1.82, 2.24) is 10.2 Å². The Balaban J connectivity index is 2.07. The molecule has 6 heteroatoms. The Hall–Kier alpha value is -2.47. The van der Waals surface area contributed by atoms with Crippen LogP contribution in [-0.4, -0.2) is 41.7 Å². The third kappa shape index (κ3) is 8.23. The van der Waals surface area contributed by atoms with Crippen LogP contribution >= 0.6 is 11.8 Å². The highest BCUT2D eigenvalue weighted by Gasteiger charge is 2.28. The molecule has 32 heavy (non-hydrogen) atoms. The molecule has 0 bridgehead atoms. The van der Waals surface area contributed by atoms with E-state index in [2.05, 4.69) is 17.4 Å². The smallest absolute Gasteiger partial charge is 0.243 e. The van der Waals surface area contributed by atoms with E-state index in [1.807, 2.05) is 63.2 Å². The van der Waals surface area contributed by atoms with Crippen molar-refractivity contribution >= 4 is 23.6 Å². The number of thioether (sulfide) groups is 1. The van der Waals surface area contributed by atoms with Crippen LogP contribution in [-0.2, 0) is 21.9 Å². The van der Waals surface area contributed by atoms with E-state index in [0.717, 1.165) is 29.2 Å². The maximum atomic E-state index is 13.3. The zero-order valence-corrected chi connectivity index (χ0v) is 20.5. The molecule has 5 nitrogen and oxygen atoms in total. The van der Waals surface area contributed by atoms with E-state index >= 15 is 0 Å². The summed E-state index contributed by atoms with van der Waals surface area (Å²) in [6.07, 6.45) is 1.83. The van der Waals surface area contributed by atoms with E-state index in [1.54, 1.807) is 23.8 Å². The van der Waals surface area contributed by atoms with Crippen molar-refractivity contribution in [3.05, 3.63) is 65.7 Å². The Kier molecular flexibility index (Phi) is 11.2. The van der Waals surface area contributed by atoms with Crippen molar-refractivity contribution in [2.75, 3.05) is 12.9 Å². The van der Waals surface area contributed by atoms with Crippen LogP contribution in [0, 0.1) is 0 Å². The molecule has 2 rings (SSSR count). The Bertz CT molecular complexity index is 827. The van der Waals surface area contributed by atoms with Gasteiger partial charge in [-0.05, 0) is 43.0 Å². The van der Waals surface area contributed by atoms with E-state index in [9.17, 15) is 9.59 Å². The first-order chi connectivity index (χ1) is 15.5. The van der Waals surface area contributed by atoms with Crippen molar-refractivity contribution in [3.8, 4) is 5.75 Å². The van der Waals surface area contributed by atoms with Gasteiger partial charge in [-0.2, -0.15) is 11.8 Å². The van der Waals surface area contributed by atoms with Gasteiger partial charge in [0.1, 0.15) is 11.8 Å². The molecule has 0 aromatic heterocycles. The van der Waals surface area contributed by atoms with Crippen LogP contribution < -0.4 is 10.1 Å². The lowest BCUT2D eigenvalue weighted by molar-refractivity contribution is -0.141. The fourth-order valence-corrected chi connectivity index (χ4v) is 4.25. The lowest BCUT2D eigenvalue weighted by atomic mass is 10.1. The van der Waals surface area contributed by atoms with Crippen molar-refractivity contribution in [1.29, 1.82) is 0 Å². The summed E-state index contributed by atoms with van der Waals surface area (Å²) < 4.78 is 5.24. The number of benzene rings is 2. The molecule has 0 aliphatic carbocycles. The molecule has 0 aliphatic rings. The quantitative estimate of drug-likeness (QED) is 0.429. The minimum Gasteiger partial charge on any atom is -0.497 e. The van der Waals surface area contributed by atoms with Gasteiger partial charge in [-0.15, -0.1) is 0 Å². The van der Waals surface area contributed by atoms with Gasteiger partial charge in [-0.25, -0.2) is 0 Å². The van der Waals surface area contributed by atoms with Crippen LogP contribution in [0.3, 0.4) is 0 Å². The molecule has 2 aromatic rings. The molecule has 1 N–H and O–H groups in total. The average molecular weight is 457 g/mol. The lowest BCUT2D eigenvalue weighted by Gasteiger charge is -2.31. The third-order valence-corrected chi connectivity index (χ3v) is 6.50. The fraction of sp³-hybridized carbons (Fsp3) is 0.462. The summed E-state index contributed by atoms with van der Waals surface area (Å²) in [7, 11) is 1.63. The van der Waals surface area contributed by atoms with Crippen LogP contribution in [0.4, 0.5) is 0 Å². The Morgan fingerprint density at radius 3 is 2.28 bits per heavy atom. The minimum absolute atomic E-state index is 0.00697. The van der Waals surface area contributed by atoms with Crippen LogP contribution in [0.2, 0.25) is 0 Å². The molecule has 0 spiro atoms. The average Bonchev–Trinajstić information content (AvgIpc) is 2.82. The van der Waals surface area contributed by atoms with Gasteiger partial charge in [0.25, 0.3) is 0 Å². The first-order valence-electron chi connectivity index (χ1n) is 11.3. The van der Waals surface area contributed by atoms with Crippen LogP contribution in [0.1, 0.15) is 51.2 Å². The zero-order valence-electron chi connectivity index (χ0n) is 19.7. The van der Waals surface area contributed by atoms with Crippen molar-refractivity contribution in [2.45, 2.75) is 64.4 Å². The Labute approximate surface area is 196 Å². The van der Waals surface area contributed by atoms with Gasteiger partial charge in [0.05, 0.1) is 7.11 Å². The Morgan fingerprint density at radius 1 is 1.00 bits per heavy atom. The molecule has 0 heterocycles. The summed E-state index contributed by atoms with van der Waals surface area (Å²) in [5.41, 5.74) is 2.23. The first-order valence-corrected chi connectivity index (χ1v) is 12.5. The number of amides is 2. The maximum Gasteiger partial charge on any atom is 0.243 e. The van der Waals surface area contributed by atoms with Gasteiger partial charge in [0.2, 0.25) is 11.8 Å². The number of rotatable bonds is 13. The number of hydrogen-bond acceptors (Lipinski definition) is 4. The summed E-state index contributed by atoms with van der Waals surface area (Å²) in [6, 6.07) is 17.5. The topological polar surface area (TPSA) is 58.6 Å². The van der Waals surface area contributed by atoms with E-state index in [1.165, 1.54) is 5.56 Å². The van der Waals surface area contributed by atoms with Gasteiger partial charge >= 0.3 is 0 Å². The Morgan fingerprint density at radius 2 is 1.69 bits per heavy atom. The van der Waals surface area contributed by atoms with Crippen LogP contribution in [0.15, 0.2) is 54.6 Å². The highest BCUT2D eigenvalue weighted by Crippen LogP contribution is 2.19. The van der Waals surface area contributed by atoms with E-state index < -0.39 is 6.04 Å². The van der Waals surface area contributed by atoms with Crippen molar-refractivity contribution in [3.63, 3.8) is 0 Å². The monoisotopic (exact) mass is 456 g/mol. The largest absolute Gasteiger partial charge is 0.497 e. The molecule has 0 fully saturated rings. The predicted molar refractivity (Wildman–Crippen MR) is 133 cm³/mol. The van der Waals surface area contributed by atoms with Gasteiger partial charge in [0, 0.05) is 30.5 Å². The third-order valence-electron chi connectivity index (χ3n) is 5.47. The summed E-state index contributed by atoms with van der Waals surface area (Å²) in [4.78, 5) is 28.0. The molecular weight excluding hydrogens is 420 g/mol. The number of nitrogens with one attached hydrogen (secondary N) is 1. The van der Waals surface area contributed by atoms with Gasteiger partial charge < -0.3 is 15.0 Å². The SMILES string of the molecule is CC[C@@H](C)NC(=O)[C@H](CC)N(Cc1ccc(OC)cc1)C(=O)CCSCc1ccccc1. The molecule has 0 radical (unpaired) electrons. The first kappa shape index (κ1) is 25.8. The number of methoxy groups -OCH3 is 1. The maximum absolute atomic E-state index is 13.3. The second-order valence-corrected chi connectivity index (χ2v) is 9.01. The molecule has 174 valence electrons. The molecular formula is C26H36N2O3S. The normalized spacial score (nSPS) is 12.6. The van der Waals surface area contributed by atoms with E-state index in [0.29, 0.717) is 19.4 Å². The number of carbonyl (C=O) groups excluding carboxylic acids is 2. The summed E-state index contributed by atoms with van der Waals surface area (Å²) in [6.45, 7) is 6.38. The van der Waals surface area contributed by atoms with Crippen LogP contribution in [0.5, 0.6) is 5.75 Å². The minimum atomic E-state index is -0.488. The van der Waals surface area contributed by atoms with Crippen molar-refractivity contribution in [2.24, 2.45) is 0 Å². The molecule has 2 atom stereocenters. The molecule has 2 aromatic carbocycles. The molecule has 2 amide bonds. The summed E-state index contributed by atoms with van der Waals surface area (Å²) in [5.74, 6) is 2.29. The highest BCUT2D eigenvalue weighted by atomic mass is 32.2. The molecule has 0 saturated carbocycles. The summed E-state index contributed by atoms with van der Waals surface area (Å²) >= 11 is 1.74. The lowest BCUT2D eigenvalue weighted by Crippen LogP contribution is -2.50. The second-order valence-electron chi connectivity index (χ2n) is 7.90. The van der Waals surface area contributed by atoms with Crippen LogP contribution in [0.25, 0.3) is 0 Å². The number of nitrogens with zero attached hydrogens (tertiary/aromatic N) is 1. The van der Waals surface area contributed by atoms with Gasteiger partial charge in [0.15, 0.2) is 0 Å². The highest BCUT2D eigenvalue weighted by molar-refractivity contribution is 7.98. The standard InChI is InChI=1S/C26H36N2O3S/c1-5-20(3)27-26(30)24(6-2)28(18-21-12-14-23(31-4)15-13-21)25(29)16-17-32-19-22-10-8-7-9-11-22/h7-15,20,24H,5-6,16-19H2,1-4H3,(H,27,30)/t20-,24+/m1/s1. The molecule has 0 saturated heterocycles. The fourth-order valence-electron chi connectivity index (χ4n) is 3.36. The predicted octanol–water partition coefficient (Wildman–Crippen LogP) is 5.04. The van der Waals surface area contributed by atoms with Crippen molar-refractivity contribution < 1.29 is 14.3 Å². The van der Waals surface area contributed by atoms with Gasteiger partial charge in [-0.1, -0.05) is 56.3 Å². The van der Waals surface area contributed by atoms with E-state index in [4.69, 9.17) is 4.74 Å².